The molecule has 1 heterocycles. The van der Waals surface area contributed by atoms with Crippen molar-refractivity contribution < 1.29 is 4.74 Å². The Hall–Kier alpha value is -0.800. The van der Waals surface area contributed by atoms with Crippen LogP contribution in [0.5, 0.6) is 0 Å². The number of ether oxygens (including phenoxy) is 1. The van der Waals surface area contributed by atoms with Crippen LogP contribution in [-0.4, -0.2) is 24.2 Å². The molecular weight excluding hydrogens is 236 g/mol. The van der Waals surface area contributed by atoms with Crippen LogP contribution < -0.4 is 5.32 Å². The maximum atomic E-state index is 6.11. The van der Waals surface area contributed by atoms with Gasteiger partial charge < -0.3 is 10.1 Å². The van der Waals surface area contributed by atoms with Crippen molar-refractivity contribution in [3.63, 3.8) is 0 Å². The Bertz CT molecular complexity index is 363. The fourth-order valence-corrected chi connectivity index (χ4v) is 2.65. The topological polar surface area (TPSA) is 34.1 Å². The number of halogens is 1. The zero-order chi connectivity index (χ0) is 12.3. The Labute approximate surface area is 108 Å². The van der Waals surface area contributed by atoms with E-state index in [0.717, 1.165) is 24.1 Å². The lowest BCUT2D eigenvalue weighted by atomic mass is 9.92. The summed E-state index contributed by atoms with van der Waals surface area (Å²) in [4.78, 5) is 4.12. The van der Waals surface area contributed by atoms with E-state index in [1.807, 2.05) is 13.0 Å². The lowest BCUT2D eigenvalue weighted by Crippen LogP contribution is -2.31. The van der Waals surface area contributed by atoms with E-state index in [0.29, 0.717) is 17.3 Å². The van der Waals surface area contributed by atoms with Gasteiger partial charge in [-0.05, 0) is 44.2 Å². The second-order valence-electron chi connectivity index (χ2n) is 4.66. The van der Waals surface area contributed by atoms with Crippen LogP contribution in [0.1, 0.15) is 31.2 Å². The van der Waals surface area contributed by atoms with Crippen molar-refractivity contribution in [3.05, 3.63) is 23.0 Å². The molecule has 0 radical (unpaired) electrons. The Kier molecular flexibility index (Phi) is 4.24. The second-order valence-corrected chi connectivity index (χ2v) is 5.02. The first-order chi connectivity index (χ1) is 8.20. The van der Waals surface area contributed by atoms with E-state index in [1.165, 1.54) is 12.8 Å². The summed E-state index contributed by atoms with van der Waals surface area (Å²) in [6, 6.07) is 2.42. The molecule has 94 valence electrons. The van der Waals surface area contributed by atoms with Gasteiger partial charge in [-0.1, -0.05) is 11.6 Å². The molecule has 0 bridgehead atoms. The molecule has 0 spiro atoms. The highest BCUT2D eigenvalue weighted by molar-refractivity contribution is 6.32. The predicted molar refractivity (Wildman–Crippen MR) is 70.7 cm³/mol. The molecule has 1 fully saturated rings. The van der Waals surface area contributed by atoms with Gasteiger partial charge in [-0.2, -0.15) is 0 Å². The third-order valence-corrected chi connectivity index (χ3v) is 3.71. The summed E-state index contributed by atoms with van der Waals surface area (Å²) in [6.07, 6.45) is 6.69. The minimum atomic E-state index is 0.372. The van der Waals surface area contributed by atoms with Crippen LogP contribution in [-0.2, 0) is 4.74 Å². The average molecular weight is 255 g/mol. The number of aromatic nitrogens is 1. The van der Waals surface area contributed by atoms with E-state index < -0.39 is 0 Å². The molecule has 1 aliphatic carbocycles. The van der Waals surface area contributed by atoms with Crippen LogP contribution in [0.15, 0.2) is 12.3 Å². The van der Waals surface area contributed by atoms with Gasteiger partial charge in [0, 0.05) is 19.3 Å². The van der Waals surface area contributed by atoms with Gasteiger partial charge >= 0.3 is 0 Å². The minimum absolute atomic E-state index is 0.372. The molecule has 2 unspecified atom stereocenters. The van der Waals surface area contributed by atoms with Crippen molar-refractivity contribution in [2.45, 2.75) is 44.8 Å². The molecule has 0 saturated heterocycles. The lowest BCUT2D eigenvalue weighted by molar-refractivity contribution is 0.0669. The van der Waals surface area contributed by atoms with Gasteiger partial charge in [0.1, 0.15) is 0 Å². The first-order valence-electron chi connectivity index (χ1n) is 6.11. The minimum Gasteiger partial charge on any atom is -0.381 e. The van der Waals surface area contributed by atoms with Gasteiger partial charge in [-0.25, -0.2) is 4.98 Å². The van der Waals surface area contributed by atoms with E-state index >= 15 is 0 Å². The molecule has 2 rings (SSSR count). The zero-order valence-corrected chi connectivity index (χ0v) is 11.1. The van der Waals surface area contributed by atoms with Crippen LogP contribution in [0.3, 0.4) is 0 Å². The van der Waals surface area contributed by atoms with Crippen molar-refractivity contribution >= 4 is 17.3 Å². The van der Waals surface area contributed by atoms with Crippen molar-refractivity contribution in [3.8, 4) is 0 Å². The standard InChI is InChI=1S/C13H19ClN2O/c1-9-6-7-15-13(14)12(9)16-10-4-3-5-11(8-10)17-2/h6-7,10-11,16H,3-5,8H2,1-2H3. The summed E-state index contributed by atoms with van der Waals surface area (Å²) in [7, 11) is 1.79. The van der Waals surface area contributed by atoms with Gasteiger partial charge in [0.15, 0.2) is 5.15 Å². The molecule has 0 amide bonds. The monoisotopic (exact) mass is 254 g/mol. The van der Waals surface area contributed by atoms with Gasteiger partial charge in [0.25, 0.3) is 0 Å². The quantitative estimate of drug-likeness (QED) is 0.840. The molecule has 3 nitrogen and oxygen atoms in total. The molecule has 1 N–H and O–H groups in total. The molecule has 1 aromatic rings. The number of pyridine rings is 1. The summed E-state index contributed by atoms with van der Waals surface area (Å²) >= 11 is 6.11. The Morgan fingerprint density at radius 3 is 3.00 bits per heavy atom. The highest BCUT2D eigenvalue weighted by Crippen LogP contribution is 2.28. The summed E-state index contributed by atoms with van der Waals surface area (Å²) in [5.41, 5.74) is 2.11. The number of rotatable bonds is 3. The predicted octanol–water partition coefficient (Wildman–Crippen LogP) is 3.41. The first-order valence-corrected chi connectivity index (χ1v) is 6.49. The largest absolute Gasteiger partial charge is 0.381 e. The van der Waals surface area contributed by atoms with Gasteiger partial charge in [-0.15, -0.1) is 0 Å². The zero-order valence-electron chi connectivity index (χ0n) is 10.4. The molecule has 1 aliphatic rings. The summed E-state index contributed by atoms with van der Waals surface area (Å²) in [6.45, 7) is 2.05. The highest BCUT2D eigenvalue weighted by atomic mass is 35.5. The third-order valence-electron chi connectivity index (χ3n) is 3.42. The van der Waals surface area contributed by atoms with Gasteiger partial charge in [0.2, 0.25) is 0 Å². The van der Waals surface area contributed by atoms with E-state index in [9.17, 15) is 0 Å². The molecule has 1 saturated carbocycles. The number of nitrogens with zero attached hydrogens (tertiary/aromatic N) is 1. The number of aryl methyl sites for hydroxylation is 1. The average Bonchev–Trinajstić information content (AvgIpc) is 2.34. The van der Waals surface area contributed by atoms with Gasteiger partial charge in [0.05, 0.1) is 11.8 Å². The van der Waals surface area contributed by atoms with E-state index in [4.69, 9.17) is 16.3 Å². The Morgan fingerprint density at radius 1 is 1.47 bits per heavy atom. The fourth-order valence-electron chi connectivity index (χ4n) is 2.39. The number of nitrogens with one attached hydrogen (secondary N) is 1. The Morgan fingerprint density at radius 2 is 2.29 bits per heavy atom. The van der Waals surface area contributed by atoms with Crippen molar-refractivity contribution in [1.29, 1.82) is 0 Å². The number of anilines is 1. The number of hydrogen-bond acceptors (Lipinski definition) is 3. The molecule has 1 aromatic heterocycles. The fraction of sp³-hybridized carbons (Fsp3) is 0.615. The van der Waals surface area contributed by atoms with E-state index in [1.54, 1.807) is 13.3 Å². The maximum absolute atomic E-state index is 6.11. The number of hydrogen-bond donors (Lipinski definition) is 1. The smallest absolute Gasteiger partial charge is 0.152 e. The van der Waals surface area contributed by atoms with Crippen LogP contribution >= 0.6 is 11.6 Å². The van der Waals surface area contributed by atoms with Crippen LogP contribution in [0.4, 0.5) is 5.69 Å². The summed E-state index contributed by atoms with van der Waals surface area (Å²) in [5, 5.41) is 4.07. The molecule has 0 aliphatic heterocycles. The Balaban J connectivity index is 2.05. The van der Waals surface area contributed by atoms with Gasteiger partial charge in [-0.3, -0.25) is 0 Å². The van der Waals surface area contributed by atoms with Crippen LogP contribution in [0.25, 0.3) is 0 Å². The maximum Gasteiger partial charge on any atom is 0.152 e. The molecule has 2 atom stereocenters. The van der Waals surface area contributed by atoms with E-state index in [-0.39, 0.29) is 0 Å². The molecular formula is C13H19ClN2O. The van der Waals surface area contributed by atoms with Crippen molar-refractivity contribution in [2.75, 3.05) is 12.4 Å². The first kappa shape index (κ1) is 12.7. The SMILES string of the molecule is COC1CCCC(Nc2c(C)ccnc2Cl)C1. The molecule has 17 heavy (non-hydrogen) atoms. The third kappa shape index (κ3) is 3.11. The summed E-state index contributed by atoms with van der Waals surface area (Å²) in [5.74, 6) is 0. The second kappa shape index (κ2) is 5.69. The molecule has 0 aromatic carbocycles. The number of methoxy groups -OCH3 is 1. The summed E-state index contributed by atoms with van der Waals surface area (Å²) < 4.78 is 5.43. The molecule has 4 heteroatoms. The lowest BCUT2D eigenvalue weighted by Gasteiger charge is -2.30. The van der Waals surface area contributed by atoms with Crippen molar-refractivity contribution in [1.82, 2.24) is 4.98 Å². The normalized spacial score (nSPS) is 24.6. The van der Waals surface area contributed by atoms with Crippen molar-refractivity contribution in [2.24, 2.45) is 0 Å². The van der Waals surface area contributed by atoms with Crippen LogP contribution in [0.2, 0.25) is 5.15 Å². The van der Waals surface area contributed by atoms with E-state index in [2.05, 4.69) is 10.3 Å². The highest BCUT2D eigenvalue weighted by Gasteiger charge is 2.22. The van der Waals surface area contributed by atoms with Crippen LogP contribution in [0, 0.1) is 6.92 Å².